The van der Waals surface area contributed by atoms with Crippen molar-refractivity contribution < 1.29 is 0 Å². The van der Waals surface area contributed by atoms with Crippen molar-refractivity contribution in [2.45, 2.75) is 26.2 Å². The van der Waals surface area contributed by atoms with Gasteiger partial charge in [0, 0.05) is 42.2 Å². The number of hydrogen-bond acceptors (Lipinski definition) is 6. The van der Waals surface area contributed by atoms with Crippen LogP contribution in [0, 0.1) is 5.41 Å². The van der Waals surface area contributed by atoms with Crippen LogP contribution in [0.15, 0.2) is 64.9 Å². The Morgan fingerprint density at radius 3 is 2.79 bits per heavy atom. The Bertz CT molecular complexity index is 712. The molecule has 0 spiro atoms. The second-order valence-corrected chi connectivity index (χ2v) is 5.20. The standard InChI is InChI=1S/C18H22N6/c1-3-4-5-8-22-24-14(2)23-17(16(12-19)13-20)11-18(24)15-6-9-21-10-7-15/h6-13,19H,2-5,20H2,1H3/b16-13+,19-12?,22-8-. The Kier molecular flexibility index (Phi) is 6.19. The first-order valence-corrected chi connectivity index (χ1v) is 7.86. The lowest BCUT2D eigenvalue weighted by Gasteiger charge is -2.26. The number of hydrogen-bond donors (Lipinski definition) is 2. The summed E-state index contributed by atoms with van der Waals surface area (Å²) in [5.74, 6) is 0.480. The van der Waals surface area contributed by atoms with E-state index >= 15 is 0 Å². The maximum Gasteiger partial charge on any atom is 0.147 e. The predicted octanol–water partition coefficient (Wildman–Crippen LogP) is 3.32. The normalized spacial score (nSPS) is 15.5. The number of nitrogens with two attached hydrogens (primary N) is 1. The van der Waals surface area contributed by atoms with E-state index in [-0.39, 0.29) is 0 Å². The summed E-state index contributed by atoms with van der Waals surface area (Å²) in [7, 11) is 0. The Balaban J connectivity index is 2.42. The molecule has 6 nitrogen and oxygen atoms in total. The summed E-state index contributed by atoms with van der Waals surface area (Å²) in [4.78, 5) is 8.48. The SMILES string of the molecule is C=C1N=C(/C(C=N)=C/N)C=C(c2ccncc2)N1/N=C\CCCC. The van der Waals surface area contributed by atoms with E-state index in [9.17, 15) is 0 Å². The van der Waals surface area contributed by atoms with Crippen LogP contribution in [0.5, 0.6) is 0 Å². The third kappa shape index (κ3) is 4.04. The summed E-state index contributed by atoms with van der Waals surface area (Å²) in [6.07, 6.45) is 12.8. The Morgan fingerprint density at radius 2 is 2.17 bits per heavy atom. The molecule has 0 aromatic carbocycles. The van der Waals surface area contributed by atoms with E-state index in [0.29, 0.717) is 17.1 Å². The van der Waals surface area contributed by atoms with Gasteiger partial charge in [-0.05, 0) is 31.1 Å². The summed E-state index contributed by atoms with van der Waals surface area (Å²) in [6, 6.07) is 3.79. The van der Waals surface area contributed by atoms with Crippen LogP contribution in [-0.4, -0.2) is 28.1 Å². The van der Waals surface area contributed by atoms with E-state index in [1.54, 1.807) is 17.4 Å². The molecule has 0 fully saturated rings. The highest BCUT2D eigenvalue weighted by atomic mass is 15.5. The molecule has 6 heteroatoms. The largest absolute Gasteiger partial charge is 0.404 e. The van der Waals surface area contributed by atoms with Crippen LogP contribution in [0.4, 0.5) is 0 Å². The van der Waals surface area contributed by atoms with Gasteiger partial charge < -0.3 is 11.1 Å². The number of pyridine rings is 1. The number of rotatable bonds is 7. The van der Waals surface area contributed by atoms with Crippen molar-refractivity contribution in [2.75, 3.05) is 0 Å². The van der Waals surface area contributed by atoms with Crippen LogP contribution in [0.3, 0.4) is 0 Å². The smallest absolute Gasteiger partial charge is 0.147 e. The molecule has 0 bridgehead atoms. The summed E-state index contributed by atoms with van der Waals surface area (Å²) < 4.78 is 0. The van der Waals surface area contributed by atoms with Crippen molar-refractivity contribution in [3.8, 4) is 0 Å². The number of unbranched alkanes of at least 4 members (excludes halogenated alkanes) is 2. The van der Waals surface area contributed by atoms with Crippen LogP contribution in [0.1, 0.15) is 31.7 Å². The van der Waals surface area contributed by atoms with E-state index < -0.39 is 0 Å². The summed E-state index contributed by atoms with van der Waals surface area (Å²) in [5, 5.41) is 13.7. The van der Waals surface area contributed by atoms with Gasteiger partial charge in [0.15, 0.2) is 0 Å². The van der Waals surface area contributed by atoms with Crippen LogP contribution < -0.4 is 5.73 Å². The Morgan fingerprint density at radius 1 is 1.42 bits per heavy atom. The first-order valence-electron chi connectivity index (χ1n) is 7.86. The molecular weight excluding hydrogens is 300 g/mol. The van der Waals surface area contributed by atoms with Crippen molar-refractivity contribution in [3.05, 3.63) is 60.3 Å². The van der Waals surface area contributed by atoms with Gasteiger partial charge >= 0.3 is 0 Å². The number of nitrogens with one attached hydrogen (secondary N) is 1. The monoisotopic (exact) mass is 322 g/mol. The van der Waals surface area contributed by atoms with Crippen molar-refractivity contribution in [3.63, 3.8) is 0 Å². The maximum absolute atomic E-state index is 7.47. The third-order valence-corrected chi connectivity index (χ3v) is 3.49. The number of allylic oxidation sites excluding steroid dienone is 2. The average molecular weight is 322 g/mol. The number of aliphatic imine (C=N–C) groups is 1. The first kappa shape index (κ1) is 17.3. The number of nitrogens with zero attached hydrogens (tertiary/aromatic N) is 4. The minimum atomic E-state index is 0.480. The Labute approximate surface area is 142 Å². The topological polar surface area (TPSA) is 90.7 Å². The van der Waals surface area contributed by atoms with Gasteiger partial charge in [-0.25, -0.2) is 10.0 Å². The van der Waals surface area contributed by atoms with Gasteiger partial charge in [-0.1, -0.05) is 19.9 Å². The van der Waals surface area contributed by atoms with E-state index in [2.05, 4.69) is 28.6 Å². The molecule has 1 aliphatic heterocycles. The molecule has 2 heterocycles. The van der Waals surface area contributed by atoms with Gasteiger partial charge in [0.05, 0.1) is 11.4 Å². The summed E-state index contributed by atoms with van der Waals surface area (Å²) >= 11 is 0. The fourth-order valence-electron chi connectivity index (χ4n) is 2.20. The van der Waals surface area contributed by atoms with Crippen LogP contribution in [0.2, 0.25) is 0 Å². The molecule has 2 rings (SSSR count). The van der Waals surface area contributed by atoms with E-state index in [1.807, 2.05) is 24.4 Å². The van der Waals surface area contributed by atoms with Crippen molar-refractivity contribution in [1.29, 1.82) is 5.41 Å². The Hall–Kier alpha value is -3.02. The molecule has 0 radical (unpaired) electrons. The van der Waals surface area contributed by atoms with E-state index in [0.717, 1.165) is 30.5 Å². The lowest BCUT2D eigenvalue weighted by atomic mass is 10.1. The van der Waals surface area contributed by atoms with Crippen LogP contribution >= 0.6 is 0 Å². The zero-order valence-electron chi connectivity index (χ0n) is 13.8. The summed E-state index contributed by atoms with van der Waals surface area (Å²) in [6.45, 7) is 6.14. The lowest BCUT2D eigenvalue weighted by Crippen LogP contribution is -2.21. The van der Waals surface area contributed by atoms with Crippen molar-refractivity contribution >= 4 is 23.8 Å². The van der Waals surface area contributed by atoms with Crippen LogP contribution in [0.25, 0.3) is 5.70 Å². The molecule has 0 unspecified atom stereocenters. The molecule has 3 N–H and O–H groups in total. The highest BCUT2D eigenvalue weighted by molar-refractivity contribution is 6.23. The minimum absolute atomic E-state index is 0.480. The molecule has 24 heavy (non-hydrogen) atoms. The molecule has 0 atom stereocenters. The maximum atomic E-state index is 7.47. The molecule has 1 aliphatic rings. The molecule has 0 amide bonds. The fraction of sp³-hybridized carbons (Fsp3) is 0.222. The first-order chi connectivity index (χ1) is 11.7. The second-order valence-electron chi connectivity index (χ2n) is 5.20. The van der Waals surface area contributed by atoms with Gasteiger partial charge in [0.2, 0.25) is 0 Å². The second kappa shape index (κ2) is 8.57. The van der Waals surface area contributed by atoms with Gasteiger partial charge in [0.1, 0.15) is 5.82 Å². The highest BCUT2D eigenvalue weighted by Gasteiger charge is 2.21. The fourth-order valence-corrected chi connectivity index (χ4v) is 2.20. The van der Waals surface area contributed by atoms with Gasteiger partial charge in [-0.2, -0.15) is 5.10 Å². The molecular formula is C18H22N6. The van der Waals surface area contributed by atoms with Crippen molar-refractivity contribution in [1.82, 2.24) is 9.99 Å². The van der Waals surface area contributed by atoms with Gasteiger partial charge in [0.25, 0.3) is 0 Å². The zero-order valence-corrected chi connectivity index (χ0v) is 13.8. The predicted molar refractivity (Wildman–Crippen MR) is 99.7 cm³/mol. The van der Waals surface area contributed by atoms with Crippen LogP contribution in [-0.2, 0) is 0 Å². The van der Waals surface area contributed by atoms with E-state index in [1.165, 1.54) is 12.4 Å². The molecule has 1 aromatic heterocycles. The minimum Gasteiger partial charge on any atom is -0.404 e. The quantitative estimate of drug-likeness (QED) is 0.596. The van der Waals surface area contributed by atoms with Gasteiger partial charge in [-0.15, -0.1) is 0 Å². The molecule has 0 saturated carbocycles. The van der Waals surface area contributed by atoms with Crippen molar-refractivity contribution in [2.24, 2.45) is 15.8 Å². The highest BCUT2D eigenvalue weighted by Crippen LogP contribution is 2.28. The lowest BCUT2D eigenvalue weighted by molar-refractivity contribution is 0.517. The number of hydrazone groups is 1. The average Bonchev–Trinajstić information content (AvgIpc) is 2.61. The summed E-state index contributed by atoms with van der Waals surface area (Å²) in [5.41, 5.74) is 8.46. The van der Waals surface area contributed by atoms with Gasteiger partial charge in [-0.3, -0.25) is 4.98 Å². The molecule has 0 aliphatic carbocycles. The van der Waals surface area contributed by atoms with E-state index in [4.69, 9.17) is 11.1 Å². The molecule has 0 saturated heterocycles. The molecule has 124 valence electrons. The molecule has 1 aromatic rings. The number of aromatic nitrogens is 1. The zero-order chi connectivity index (χ0) is 17.4. The third-order valence-electron chi connectivity index (χ3n) is 3.49.